The summed E-state index contributed by atoms with van der Waals surface area (Å²) >= 11 is 0. The van der Waals surface area contributed by atoms with Crippen molar-refractivity contribution in [3.63, 3.8) is 0 Å². The van der Waals surface area contributed by atoms with Crippen molar-refractivity contribution in [1.82, 2.24) is 19.9 Å². The molecule has 0 radical (unpaired) electrons. The van der Waals surface area contributed by atoms with Crippen LogP contribution in [0.2, 0.25) is 0 Å². The molecule has 0 bridgehead atoms. The highest BCUT2D eigenvalue weighted by atomic mass is 32.2. The number of hydrogen-bond acceptors (Lipinski definition) is 7. The number of benzene rings is 1. The second-order valence-electron chi connectivity index (χ2n) is 7.51. The Morgan fingerprint density at radius 1 is 1.19 bits per heavy atom. The summed E-state index contributed by atoms with van der Waals surface area (Å²) in [5, 5.41) is 0. The van der Waals surface area contributed by atoms with E-state index >= 15 is 0 Å². The first-order valence-electron chi connectivity index (χ1n) is 10.3. The van der Waals surface area contributed by atoms with Crippen molar-refractivity contribution in [3.8, 4) is 17.4 Å². The summed E-state index contributed by atoms with van der Waals surface area (Å²) in [4.78, 5) is 19.4. The van der Waals surface area contributed by atoms with Crippen LogP contribution in [0.15, 0.2) is 36.8 Å². The van der Waals surface area contributed by atoms with Crippen LogP contribution in [0.5, 0.6) is 5.75 Å². The number of hydrogen-bond donors (Lipinski definition) is 0. The predicted molar refractivity (Wildman–Crippen MR) is 118 cm³/mol. The zero-order valence-corrected chi connectivity index (χ0v) is 18.6. The molecule has 1 aromatic carbocycles. The molecule has 3 heterocycles. The summed E-state index contributed by atoms with van der Waals surface area (Å²) in [5.41, 5.74) is 2.32. The van der Waals surface area contributed by atoms with Gasteiger partial charge in [0, 0.05) is 77.7 Å². The van der Waals surface area contributed by atoms with E-state index in [1.165, 1.54) is 12.1 Å². The molecule has 2 atom stereocenters. The van der Waals surface area contributed by atoms with Gasteiger partial charge in [0.2, 0.25) is 5.82 Å². The van der Waals surface area contributed by atoms with Crippen LogP contribution in [0, 0.1) is 11.6 Å². The summed E-state index contributed by atoms with van der Waals surface area (Å²) in [6.07, 6.45) is 7.72. The van der Waals surface area contributed by atoms with E-state index in [-0.39, 0.29) is 18.4 Å². The normalized spacial score (nSPS) is 16.5. The first-order valence-corrected chi connectivity index (χ1v) is 12.0. The number of rotatable bonds is 7. The minimum Gasteiger partial charge on any atom is -0.490 e. The summed E-state index contributed by atoms with van der Waals surface area (Å²) in [7, 11) is -0.957. The number of fused-ring (bicyclic) bond motifs is 1. The van der Waals surface area contributed by atoms with Crippen LogP contribution in [0.3, 0.4) is 0 Å². The highest BCUT2D eigenvalue weighted by Gasteiger charge is 2.28. The van der Waals surface area contributed by atoms with Gasteiger partial charge in [-0.1, -0.05) is 0 Å². The highest BCUT2D eigenvalue weighted by Crippen LogP contribution is 2.36. The van der Waals surface area contributed by atoms with Crippen LogP contribution in [-0.2, 0) is 17.2 Å². The Kier molecular flexibility index (Phi) is 6.69. The van der Waals surface area contributed by atoms with E-state index in [2.05, 4.69) is 19.9 Å². The van der Waals surface area contributed by atoms with Gasteiger partial charge in [-0.3, -0.25) is 4.21 Å². The predicted octanol–water partition coefficient (Wildman–Crippen LogP) is 3.48. The molecule has 0 amide bonds. The molecule has 2 aromatic heterocycles. The van der Waals surface area contributed by atoms with Gasteiger partial charge < -0.3 is 9.64 Å². The van der Waals surface area contributed by atoms with Crippen molar-refractivity contribution in [2.45, 2.75) is 25.8 Å². The Morgan fingerprint density at radius 3 is 2.72 bits per heavy atom. The van der Waals surface area contributed by atoms with Gasteiger partial charge in [0.05, 0.1) is 18.3 Å². The molecule has 3 aromatic rings. The van der Waals surface area contributed by atoms with Gasteiger partial charge in [0.1, 0.15) is 0 Å². The second kappa shape index (κ2) is 9.64. The molecule has 0 saturated heterocycles. The highest BCUT2D eigenvalue weighted by molar-refractivity contribution is 7.84. The fourth-order valence-electron chi connectivity index (χ4n) is 3.70. The molecule has 7 nitrogen and oxygen atoms in total. The van der Waals surface area contributed by atoms with Gasteiger partial charge in [0.15, 0.2) is 23.2 Å². The number of anilines is 1. The van der Waals surface area contributed by atoms with Crippen LogP contribution in [-0.4, -0.2) is 49.3 Å². The van der Waals surface area contributed by atoms with Gasteiger partial charge in [-0.15, -0.1) is 0 Å². The average Bonchev–Trinajstić information content (AvgIpc) is 2.79. The summed E-state index contributed by atoms with van der Waals surface area (Å²) in [6.45, 7) is 2.70. The number of ether oxygens (including phenoxy) is 1. The standard InChI is InChI=1S/C22H23F2N5O2S/c1-14-16-13-27-22(21-25-6-3-7-26-21)28-18(16)5-8-29(14)15-11-17(23)20(24)19(12-15)31-9-4-10-32(2)30/h3,6-7,11-14H,4-5,8-10H2,1-2H3. The molecular formula is C22H23F2N5O2S. The van der Waals surface area contributed by atoms with E-state index in [1.54, 1.807) is 30.9 Å². The molecule has 2 unspecified atom stereocenters. The van der Waals surface area contributed by atoms with Crippen molar-refractivity contribution < 1.29 is 17.7 Å². The van der Waals surface area contributed by atoms with E-state index in [1.807, 2.05) is 11.8 Å². The van der Waals surface area contributed by atoms with Crippen molar-refractivity contribution >= 4 is 16.5 Å². The smallest absolute Gasteiger partial charge is 0.200 e. The molecule has 0 fully saturated rings. The minimum absolute atomic E-state index is 0.146. The lowest BCUT2D eigenvalue weighted by atomic mass is 9.98. The Hall–Kier alpha value is -3.01. The lowest BCUT2D eigenvalue weighted by Crippen LogP contribution is -2.35. The van der Waals surface area contributed by atoms with Crippen LogP contribution in [0.1, 0.15) is 30.6 Å². The molecule has 10 heteroatoms. The molecule has 0 N–H and O–H groups in total. The Labute approximate surface area is 187 Å². The van der Waals surface area contributed by atoms with Crippen molar-refractivity contribution in [1.29, 1.82) is 0 Å². The molecule has 4 rings (SSSR count). The maximum Gasteiger partial charge on any atom is 0.200 e. The molecule has 0 spiro atoms. The topological polar surface area (TPSA) is 81.1 Å². The summed E-state index contributed by atoms with van der Waals surface area (Å²) in [6, 6.07) is 4.27. The fraction of sp³-hybridized carbons (Fsp3) is 0.364. The lowest BCUT2D eigenvalue weighted by Gasteiger charge is -2.36. The molecule has 0 saturated carbocycles. The Balaban J connectivity index is 1.56. The van der Waals surface area contributed by atoms with E-state index in [0.717, 1.165) is 11.3 Å². The molecule has 1 aliphatic heterocycles. The number of halogens is 2. The average molecular weight is 460 g/mol. The molecule has 32 heavy (non-hydrogen) atoms. The van der Waals surface area contributed by atoms with Gasteiger partial charge in [0.25, 0.3) is 0 Å². The first-order chi connectivity index (χ1) is 15.4. The quantitative estimate of drug-likeness (QED) is 0.501. The monoisotopic (exact) mass is 459 g/mol. The van der Waals surface area contributed by atoms with Crippen LogP contribution in [0.25, 0.3) is 11.6 Å². The van der Waals surface area contributed by atoms with Gasteiger partial charge in [-0.05, 0) is 19.4 Å². The van der Waals surface area contributed by atoms with Crippen LogP contribution >= 0.6 is 0 Å². The molecule has 168 valence electrons. The summed E-state index contributed by atoms with van der Waals surface area (Å²) in [5.74, 6) is -0.775. The zero-order chi connectivity index (χ0) is 22.7. The van der Waals surface area contributed by atoms with Crippen molar-refractivity contribution in [2.75, 3.05) is 30.1 Å². The van der Waals surface area contributed by atoms with E-state index < -0.39 is 22.4 Å². The Bertz CT molecular complexity index is 1130. The third-order valence-electron chi connectivity index (χ3n) is 5.32. The minimum atomic E-state index is -1.02. The third kappa shape index (κ3) is 4.74. The molecule has 0 aliphatic carbocycles. The summed E-state index contributed by atoms with van der Waals surface area (Å²) < 4.78 is 45.2. The zero-order valence-electron chi connectivity index (χ0n) is 17.8. The Morgan fingerprint density at radius 2 is 1.97 bits per heavy atom. The third-order valence-corrected chi connectivity index (χ3v) is 6.18. The largest absolute Gasteiger partial charge is 0.490 e. The molecule has 1 aliphatic rings. The van der Waals surface area contributed by atoms with E-state index in [0.29, 0.717) is 42.5 Å². The molecular weight excluding hydrogens is 436 g/mol. The lowest BCUT2D eigenvalue weighted by molar-refractivity contribution is 0.296. The van der Waals surface area contributed by atoms with E-state index in [9.17, 15) is 13.0 Å². The van der Waals surface area contributed by atoms with Crippen LogP contribution < -0.4 is 9.64 Å². The van der Waals surface area contributed by atoms with Crippen molar-refractivity contribution in [3.05, 3.63) is 59.7 Å². The van der Waals surface area contributed by atoms with E-state index in [4.69, 9.17) is 4.74 Å². The van der Waals surface area contributed by atoms with Gasteiger partial charge in [-0.25, -0.2) is 24.3 Å². The van der Waals surface area contributed by atoms with Gasteiger partial charge >= 0.3 is 0 Å². The second-order valence-corrected chi connectivity index (χ2v) is 9.06. The number of nitrogens with zero attached hydrogens (tertiary/aromatic N) is 5. The number of aromatic nitrogens is 4. The SMILES string of the molecule is CC1c2cnc(-c3ncccn3)nc2CCN1c1cc(F)c(F)c(OCCCS(C)=O)c1. The first kappa shape index (κ1) is 22.2. The maximum atomic E-state index is 14.3. The van der Waals surface area contributed by atoms with Gasteiger partial charge in [-0.2, -0.15) is 4.39 Å². The van der Waals surface area contributed by atoms with Crippen LogP contribution in [0.4, 0.5) is 14.5 Å². The maximum absolute atomic E-state index is 14.3. The fourth-order valence-corrected chi connectivity index (χ4v) is 4.23. The van der Waals surface area contributed by atoms with Crippen molar-refractivity contribution in [2.24, 2.45) is 0 Å².